The number of carboxylic acids is 1. The van der Waals surface area contributed by atoms with E-state index < -0.39 is 117 Å². The Balaban J connectivity index is 0.00000898. The van der Waals surface area contributed by atoms with Gasteiger partial charge in [-0.2, -0.15) is 16.8 Å². The zero-order valence-corrected chi connectivity index (χ0v) is 39.0. The standard InChI is InChI=1S/C33H31N7O18S5.Na/c1-18-11-25(26(57-2)14-27(18)60(46,47)10-8-58-63(54,55)56)37-39-31-29(62(51,52)53)13-22-21(32(31)41)4-5-23(34)30(22)38-36-24-6-3-20(12-28(24)61(48,49)50)59(44,45)9-7-40-16-19(33(42)43)15-35-17-40;/h3-6,11-17H,7-10H2,1-2H3,(H6-,34,36,37,41,42,43,48,49,50,51,52,53,54,55,56);/q;+1/p-1. The van der Waals surface area contributed by atoms with Gasteiger partial charge in [0.25, 0.3) is 26.6 Å². The first-order valence-corrected chi connectivity index (χ1v) is 24.5. The second-order valence-electron chi connectivity index (χ2n) is 12.8. The van der Waals surface area contributed by atoms with Crippen LogP contribution in [0.2, 0.25) is 0 Å². The van der Waals surface area contributed by atoms with E-state index in [-0.39, 0.29) is 75.1 Å². The van der Waals surface area contributed by atoms with Gasteiger partial charge in [-0.25, -0.2) is 29.8 Å². The number of carboxylic acid groups (broad SMARTS) is 1. The number of aryl methyl sites for hydroxylation is 2. The van der Waals surface area contributed by atoms with Gasteiger partial charge in [0.05, 0.1) is 52.2 Å². The number of nitrogens with zero attached hydrogens (tertiary/aromatic N) is 6. The number of methoxy groups -OCH3 is 1. The van der Waals surface area contributed by atoms with Crippen molar-refractivity contribution < 1.29 is 114 Å². The number of carbonyl (C=O) groups excluding carboxylic acids is 1. The number of aromatic carboxylic acids is 1. The minimum atomic E-state index is -5.31. The number of phenolic OH excluding ortho intramolecular Hbond substituents is 1. The Morgan fingerprint density at radius 2 is 1.44 bits per heavy atom. The normalized spacial score (nSPS) is 12.8. The Morgan fingerprint density at radius 1 is 0.797 bits per heavy atom. The Kier molecular flexibility index (Phi) is 15.7. The molecule has 336 valence electrons. The molecule has 0 spiro atoms. The van der Waals surface area contributed by atoms with Crippen LogP contribution in [0, 0.1) is 6.92 Å². The van der Waals surface area contributed by atoms with Crippen LogP contribution in [-0.2, 0) is 61.0 Å². The molecule has 64 heavy (non-hydrogen) atoms. The molecule has 5 N–H and O–H groups in total. The molecular weight excluding hydrogens is 966 g/mol. The van der Waals surface area contributed by atoms with Gasteiger partial charge in [-0.3, -0.25) is 13.3 Å². The average Bonchev–Trinajstić information content (AvgIpc) is 3.17. The van der Waals surface area contributed by atoms with Crippen LogP contribution in [0.15, 0.2) is 107 Å². The largest absolute Gasteiger partial charge is 1.00 e. The number of ether oxygens (including phenoxy) is 1. The molecule has 4 aromatic carbocycles. The van der Waals surface area contributed by atoms with Crippen LogP contribution < -0.4 is 49.7 Å². The van der Waals surface area contributed by atoms with Crippen molar-refractivity contribution in [2.75, 3.05) is 31.0 Å². The van der Waals surface area contributed by atoms with Crippen LogP contribution in [0.25, 0.3) is 10.8 Å². The average molecular weight is 996 g/mol. The van der Waals surface area contributed by atoms with Crippen molar-refractivity contribution in [3.63, 3.8) is 0 Å². The molecule has 0 bridgehead atoms. The number of rotatable bonds is 17. The molecule has 0 fully saturated rings. The van der Waals surface area contributed by atoms with Crippen LogP contribution >= 0.6 is 0 Å². The summed E-state index contributed by atoms with van der Waals surface area (Å²) >= 11 is 0. The van der Waals surface area contributed by atoms with Crippen molar-refractivity contribution in [2.24, 2.45) is 20.5 Å². The summed E-state index contributed by atoms with van der Waals surface area (Å²) in [6.07, 6.45) is 3.17. The zero-order valence-electron chi connectivity index (χ0n) is 32.9. The summed E-state index contributed by atoms with van der Waals surface area (Å²) in [7, 11) is -23.3. The number of benzene rings is 4. The van der Waals surface area contributed by atoms with Crippen molar-refractivity contribution in [3.05, 3.63) is 78.4 Å². The maximum atomic E-state index is 13.2. The van der Waals surface area contributed by atoms with Gasteiger partial charge in [0.15, 0.2) is 31.6 Å². The molecule has 0 atom stereocenters. The quantitative estimate of drug-likeness (QED) is 0.0207. The second kappa shape index (κ2) is 19.5. The van der Waals surface area contributed by atoms with Crippen LogP contribution in [0.1, 0.15) is 15.9 Å². The van der Waals surface area contributed by atoms with E-state index in [1.54, 1.807) is 0 Å². The number of aromatic nitrogens is 2. The Labute approximate surface area is 385 Å². The number of sulfone groups is 2. The fraction of sp³-hybridized carbons (Fsp3) is 0.182. The first-order chi connectivity index (χ1) is 29.1. The number of hydrogen-bond donors (Lipinski definition) is 4. The molecule has 31 heteroatoms. The molecule has 5 rings (SSSR count). The van der Waals surface area contributed by atoms with Crippen molar-refractivity contribution in [3.8, 4) is 11.5 Å². The van der Waals surface area contributed by atoms with Gasteiger partial charge in [0.1, 0.15) is 51.0 Å². The molecule has 0 amide bonds. The summed E-state index contributed by atoms with van der Waals surface area (Å²) < 4.78 is 165. The summed E-state index contributed by atoms with van der Waals surface area (Å²) in [5.74, 6) is -4.43. The van der Waals surface area contributed by atoms with Gasteiger partial charge in [0.2, 0.25) is 10.4 Å². The summed E-state index contributed by atoms with van der Waals surface area (Å²) in [5, 5.41) is 37.2. The minimum Gasteiger partial charge on any atom is -0.726 e. The molecule has 1 aromatic heterocycles. The molecule has 0 saturated carbocycles. The number of nitrogen functional groups attached to an aromatic ring is 1. The van der Waals surface area contributed by atoms with Gasteiger partial charge >= 0.3 is 29.6 Å². The maximum Gasteiger partial charge on any atom is 1.00 e. The molecule has 25 nitrogen and oxygen atoms in total. The predicted octanol–water partition coefficient (Wildman–Crippen LogP) is -1.46. The molecule has 0 aliphatic rings. The summed E-state index contributed by atoms with van der Waals surface area (Å²) in [6.45, 7) is -0.0347. The van der Waals surface area contributed by atoms with E-state index in [1.807, 2.05) is 0 Å². The molecule has 0 aliphatic carbocycles. The van der Waals surface area contributed by atoms with E-state index in [9.17, 15) is 70.8 Å². The van der Waals surface area contributed by atoms with E-state index in [2.05, 4.69) is 29.6 Å². The molecule has 0 unspecified atom stereocenters. The molecular formula is C33H30N7NaO18S5. The van der Waals surface area contributed by atoms with Crippen molar-refractivity contribution >= 4 is 95.5 Å². The Bertz CT molecular complexity index is 3330. The number of carbonyl (C=O) groups is 1. The summed E-state index contributed by atoms with van der Waals surface area (Å²) in [4.78, 5) is 11.7. The first kappa shape index (κ1) is 51.5. The van der Waals surface area contributed by atoms with Gasteiger partial charge in [0, 0.05) is 16.8 Å². The van der Waals surface area contributed by atoms with Gasteiger partial charge in [-0.15, -0.1) is 20.5 Å². The molecule has 0 aliphatic heterocycles. The van der Waals surface area contributed by atoms with Crippen LogP contribution in [0.3, 0.4) is 0 Å². The van der Waals surface area contributed by atoms with E-state index >= 15 is 0 Å². The van der Waals surface area contributed by atoms with Gasteiger partial charge < -0.3 is 30.0 Å². The second-order valence-corrected chi connectivity index (χ2v) is 20.8. The Hall–Kier alpha value is -5.12. The Morgan fingerprint density at radius 3 is 2.05 bits per heavy atom. The molecule has 5 aromatic rings. The van der Waals surface area contributed by atoms with Crippen molar-refractivity contribution in [1.82, 2.24) is 4.98 Å². The fourth-order valence-electron chi connectivity index (χ4n) is 5.61. The monoisotopic (exact) mass is 995 g/mol. The number of hydrogen-bond acceptors (Lipinski definition) is 22. The summed E-state index contributed by atoms with van der Waals surface area (Å²) in [5.41, 5.74) is 3.28. The zero-order chi connectivity index (χ0) is 46.9. The molecule has 1 heterocycles. The van der Waals surface area contributed by atoms with E-state index in [1.165, 1.54) is 13.0 Å². The van der Waals surface area contributed by atoms with Gasteiger partial charge in [-0.1, -0.05) is 4.98 Å². The van der Waals surface area contributed by atoms with E-state index in [0.717, 1.165) is 66.8 Å². The van der Waals surface area contributed by atoms with Gasteiger partial charge in [-0.05, 0) is 55.0 Å². The van der Waals surface area contributed by atoms with E-state index in [4.69, 9.17) is 10.5 Å². The fourth-order valence-corrected chi connectivity index (χ4v) is 10.00. The smallest absolute Gasteiger partial charge is 0.726 e. The van der Waals surface area contributed by atoms with Crippen LogP contribution in [0.5, 0.6) is 11.5 Å². The number of nitrogens with two attached hydrogens (primary N) is 1. The van der Waals surface area contributed by atoms with E-state index in [0.29, 0.717) is 6.07 Å². The molecule has 0 saturated heterocycles. The van der Waals surface area contributed by atoms with Crippen LogP contribution in [-0.4, -0.2) is 97.0 Å². The predicted molar refractivity (Wildman–Crippen MR) is 211 cm³/mol. The number of aromatic hydroxyl groups is 1. The third kappa shape index (κ3) is 12.2. The maximum absolute atomic E-state index is 13.2. The minimum absolute atomic E-state index is 0. The molecule has 0 radical (unpaired) electrons. The number of azo groups is 2. The SMILES string of the molecule is COc1cc(S(=O)(=O)CCOS(=O)(=O)[O-])c(C)cc1N=Nc1c(S(=O)(=O)O)cc2c(N=Nc3ccc(S(=O)(=O)CC[n+]4cncc(C(=O)[O-])c4)cc3S(=O)(=O)O)c(N)ccc2c1O.[Na+]. The third-order valence-electron chi connectivity index (χ3n) is 8.58. The number of fused-ring (bicyclic) bond motifs is 1. The topological polar surface area (TPSA) is 405 Å². The summed E-state index contributed by atoms with van der Waals surface area (Å²) in [6, 6.07) is 7.53. The third-order valence-corrected chi connectivity index (χ3v) is 14.3. The van der Waals surface area contributed by atoms with Crippen LogP contribution in [0.4, 0.5) is 28.4 Å². The number of anilines is 1. The van der Waals surface area contributed by atoms with Crippen molar-refractivity contribution in [1.29, 1.82) is 0 Å². The first-order valence-electron chi connectivity index (χ1n) is 16.9. The van der Waals surface area contributed by atoms with Crippen molar-refractivity contribution in [2.45, 2.75) is 33.1 Å². The number of phenols is 1.